The zero-order valence-electron chi connectivity index (χ0n) is 10.8. The van der Waals surface area contributed by atoms with Crippen LogP contribution in [-0.4, -0.2) is 49.2 Å². The molecule has 4 heteroatoms. The van der Waals surface area contributed by atoms with Gasteiger partial charge in [-0.3, -0.25) is 4.79 Å². The molecule has 1 rings (SSSR count). The molecule has 4 nitrogen and oxygen atoms in total. The molecular weight excluding hydrogens is 204 g/mol. The van der Waals surface area contributed by atoms with Crippen LogP contribution in [0.25, 0.3) is 0 Å². The zero-order chi connectivity index (χ0) is 12.1. The molecule has 1 N–H and O–H groups in total. The highest BCUT2D eigenvalue weighted by atomic mass is 16.5. The van der Waals surface area contributed by atoms with Crippen LogP contribution in [0.1, 0.15) is 33.6 Å². The lowest BCUT2D eigenvalue weighted by atomic mass is 9.98. The van der Waals surface area contributed by atoms with E-state index in [0.717, 1.165) is 19.4 Å². The van der Waals surface area contributed by atoms with E-state index < -0.39 is 0 Å². The van der Waals surface area contributed by atoms with E-state index in [9.17, 15) is 4.79 Å². The lowest BCUT2D eigenvalue weighted by Crippen LogP contribution is -2.50. The quantitative estimate of drug-likeness (QED) is 0.729. The van der Waals surface area contributed by atoms with Crippen LogP contribution in [0.2, 0.25) is 0 Å². The van der Waals surface area contributed by atoms with Crippen molar-refractivity contribution in [3.8, 4) is 0 Å². The fraction of sp³-hybridized carbons (Fsp3) is 0.917. The van der Waals surface area contributed by atoms with Gasteiger partial charge >= 0.3 is 5.97 Å². The predicted octanol–water partition coefficient (Wildman–Crippen LogP) is 1.01. The van der Waals surface area contributed by atoms with Gasteiger partial charge in [0.15, 0.2) is 0 Å². The number of nitrogens with zero attached hydrogens (tertiary/aromatic N) is 1. The number of nitrogens with one attached hydrogen (secondary N) is 1. The van der Waals surface area contributed by atoms with Gasteiger partial charge in [0, 0.05) is 12.1 Å². The van der Waals surface area contributed by atoms with Crippen LogP contribution in [0.4, 0.5) is 0 Å². The van der Waals surface area contributed by atoms with Crippen molar-refractivity contribution in [3.63, 3.8) is 0 Å². The van der Waals surface area contributed by atoms with Crippen molar-refractivity contribution >= 4 is 5.97 Å². The molecule has 0 bridgehead atoms. The van der Waals surface area contributed by atoms with Gasteiger partial charge in [0.05, 0.1) is 6.61 Å². The fourth-order valence-electron chi connectivity index (χ4n) is 2.13. The smallest absolute Gasteiger partial charge is 0.322 e. The van der Waals surface area contributed by atoms with E-state index in [-0.39, 0.29) is 12.0 Å². The molecular formula is C12H24N2O2. The number of piperidine rings is 1. The molecule has 0 radical (unpaired) electrons. The van der Waals surface area contributed by atoms with Gasteiger partial charge in [-0.2, -0.15) is 0 Å². The second-order valence-electron chi connectivity index (χ2n) is 4.69. The molecule has 0 spiro atoms. The van der Waals surface area contributed by atoms with Crippen molar-refractivity contribution in [1.29, 1.82) is 0 Å². The highest BCUT2D eigenvalue weighted by Crippen LogP contribution is 2.15. The Bertz CT molecular complexity index is 233. The van der Waals surface area contributed by atoms with Gasteiger partial charge in [-0.05, 0) is 47.2 Å². The topological polar surface area (TPSA) is 41.6 Å². The average molecular weight is 228 g/mol. The minimum atomic E-state index is -0.194. The Morgan fingerprint density at radius 2 is 2.31 bits per heavy atom. The maximum absolute atomic E-state index is 11.5. The molecule has 0 aliphatic carbocycles. The Morgan fingerprint density at radius 3 is 2.88 bits per heavy atom. The Kier molecular flexibility index (Phi) is 5.22. The SMILES string of the molecule is CCOC(=O)C(C)NC1CCN(C)C(C)C1. The van der Waals surface area contributed by atoms with E-state index in [0.29, 0.717) is 18.7 Å². The molecule has 0 aromatic rings. The molecule has 0 amide bonds. The second-order valence-corrected chi connectivity index (χ2v) is 4.69. The van der Waals surface area contributed by atoms with Crippen LogP contribution in [0.15, 0.2) is 0 Å². The summed E-state index contributed by atoms with van der Waals surface area (Å²) >= 11 is 0. The first-order valence-corrected chi connectivity index (χ1v) is 6.17. The number of ether oxygens (including phenoxy) is 1. The van der Waals surface area contributed by atoms with Crippen LogP contribution in [0.3, 0.4) is 0 Å². The van der Waals surface area contributed by atoms with Crippen LogP contribution in [0, 0.1) is 0 Å². The van der Waals surface area contributed by atoms with Crippen molar-refractivity contribution in [2.45, 2.75) is 51.7 Å². The third kappa shape index (κ3) is 3.76. The molecule has 1 aliphatic rings. The Labute approximate surface area is 98.3 Å². The molecule has 1 saturated heterocycles. The van der Waals surface area contributed by atoms with Crippen LogP contribution < -0.4 is 5.32 Å². The molecule has 16 heavy (non-hydrogen) atoms. The standard InChI is InChI=1S/C12H24N2O2/c1-5-16-12(15)10(3)13-11-6-7-14(4)9(2)8-11/h9-11,13H,5-8H2,1-4H3. The normalized spacial score (nSPS) is 28.8. The molecule has 1 fully saturated rings. The van der Waals surface area contributed by atoms with Crippen molar-refractivity contribution < 1.29 is 9.53 Å². The van der Waals surface area contributed by atoms with Crippen LogP contribution >= 0.6 is 0 Å². The first-order chi connectivity index (χ1) is 7.54. The van der Waals surface area contributed by atoms with E-state index in [1.807, 2.05) is 13.8 Å². The van der Waals surface area contributed by atoms with Gasteiger partial charge in [0.25, 0.3) is 0 Å². The number of rotatable bonds is 4. The van der Waals surface area contributed by atoms with Crippen LogP contribution in [-0.2, 0) is 9.53 Å². The number of esters is 1. The highest BCUT2D eigenvalue weighted by molar-refractivity contribution is 5.75. The van der Waals surface area contributed by atoms with E-state index in [2.05, 4.69) is 24.2 Å². The number of carbonyl (C=O) groups excluding carboxylic acids is 1. The third-order valence-corrected chi connectivity index (χ3v) is 3.33. The fourth-order valence-corrected chi connectivity index (χ4v) is 2.13. The summed E-state index contributed by atoms with van der Waals surface area (Å²) in [5.74, 6) is -0.144. The summed E-state index contributed by atoms with van der Waals surface area (Å²) < 4.78 is 4.98. The minimum Gasteiger partial charge on any atom is -0.465 e. The van der Waals surface area contributed by atoms with E-state index in [4.69, 9.17) is 4.74 Å². The molecule has 3 unspecified atom stereocenters. The largest absolute Gasteiger partial charge is 0.465 e. The Morgan fingerprint density at radius 1 is 1.62 bits per heavy atom. The molecule has 1 heterocycles. The van der Waals surface area contributed by atoms with Gasteiger partial charge in [0.2, 0.25) is 0 Å². The number of carbonyl (C=O) groups is 1. The summed E-state index contributed by atoms with van der Waals surface area (Å²) in [6.45, 7) is 7.48. The second kappa shape index (κ2) is 6.21. The molecule has 1 aliphatic heterocycles. The monoisotopic (exact) mass is 228 g/mol. The molecule has 3 atom stereocenters. The van der Waals surface area contributed by atoms with Gasteiger partial charge in [-0.1, -0.05) is 0 Å². The van der Waals surface area contributed by atoms with Crippen molar-refractivity contribution in [1.82, 2.24) is 10.2 Å². The molecule has 0 aromatic heterocycles. The van der Waals surface area contributed by atoms with Crippen molar-refractivity contribution in [2.24, 2.45) is 0 Å². The van der Waals surface area contributed by atoms with Gasteiger partial charge < -0.3 is 15.0 Å². The third-order valence-electron chi connectivity index (χ3n) is 3.33. The minimum absolute atomic E-state index is 0.144. The maximum atomic E-state index is 11.5. The van der Waals surface area contributed by atoms with Gasteiger partial charge in [0.1, 0.15) is 6.04 Å². The summed E-state index contributed by atoms with van der Waals surface area (Å²) in [4.78, 5) is 13.8. The van der Waals surface area contributed by atoms with Crippen LogP contribution in [0.5, 0.6) is 0 Å². The number of hydrogen-bond donors (Lipinski definition) is 1. The maximum Gasteiger partial charge on any atom is 0.322 e. The Hall–Kier alpha value is -0.610. The summed E-state index contributed by atoms with van der Waals surface area (Å²) in [7, 11) is 2.15. The molecule has 0 saturated carbocycles. The zero-order valence-corrected chi connectivity index (χ0v) is 10.8. The van der Waals surface area contributed by atoms with Crippen molar-refractivity contribution in [2.75, 3.05) is 20.2 Å². The van der Waals surface area contributed by atoms with E-state index in [1.165, 1.54) is 0 Å². The summed E-state index contributed by atoms with van der Waals surface area (Å²) in [6, 6.07) is 0.826. The first-order valence-electron chi connectivity index (χ1n) is 6.17. The number of hydrogen-bond acceptors (Lipinski definition) is 4. The summed E-state index contributed by atoms with van der Waals surface area (Å²) in [5, 5.41) is 3.35. The van der Waals surface area contributed by atoms with Gasteiger partial charge in [-0.15, -0.1) is 0 Å². The first kappa shape index (κ1) is 13.5. The summed E-state index contributed by atoms with van der Waals surface area (Å²) in [5.41, 5.74) is 0. The number of likely N-dealkylation sites (tertiary alicyclic amines) is 1. The van der Waals surface area contributed by atoms with E-state index >= 15 is 0 Å². The Balaban J connectivity index is 2.34. The predicted molar refractivity (Wildman–Crippen MR) is 64.3 cm³/mol. The van der Waals surface area contributed by atoms with Crippen molar-refractivity contribution in [3.05, 3.63) is 0 Å². The van der Waals surface area contributed by atoms with Gasteiger partial charge in [-0.25, -0.2) is 0 Å². The summed E-state index contributed by atoms with van der Waals surface area (Å²) in [6.07, 6.45) is 2.20. The van der Waals surface area contributed by atoms with E-state index in [1.54, 1.807) is 0 Å². The molecule has 0 aromatic carbocycles. The molecule has 94 valence electrons. The lowest BCUT2D eigenvalue weighted by molar-refractivity contribution is -0.145. The highest BCUT2D eigenvalue weighted by Gasteiger charge is 2.25. The lowest BCUT2D eigenvalue weighted by Gasteiger charge is -2.36. The average Bonchev–Trinajstić information content (AvgIpc) is 2.24.